The molecule has 0 aliphatic heterocycles. The van der Waals surface area contributed by atoms with Crippen molar-refractivity contribution in [2.75, 3.05) is 5.32 Å². The zero-order valence-electron chi connectivity index (χ0n) is 11.2. The Morgan fingerprint density at radius 2 is 1.95 bits per heavy atom. The van der Waals surface area contributed by atoms with E-state index in [0.717, 1.165) is 6.07 Å². The summed E-state index contributed by atoms with van der Waals surface area (Å²) in [6, 6.07) is 7.71. The molecule has 4 nitrogen and oxygen atoms in total. The van der Waals surface area contributed by atoms with Gasteiger partial charge in [-0.15, -0.1) is 0 Å². The van der Waals surface area contributed by atoms with E-state index in [1.54, 1.807) is 19.1 Å². The summed E-state index contributed by atoms with van der Waals surface area (Å²) in [6.45, 7) is 1.74. The van der Waals surface area contributed by atoms with Crippen LogP contribution >= 0.6 is 0 Å². The Morgan fingerprint density at radius 3 is 2.57 bits per heavy atom. The summed E-state index contributed by atoms with van der Waals surface area (Å²) in [6.07, 6.45) is 0. The van der Waals surface area contributed by atoms with E-state index in [1.165, 1.54) is 12.1 Å². The molecule has 2 aromatic rings. The van der Waals surface area contributed by atoms with Crippen LogP contribution in [0.25, 0.3) is 0 Å². The summed E-state index contributed by atoms with van der Waals surface area (Å²) in [5.74, 6) is -2.72. The van der Waals surface area contributed by atoms with Gasteiger partial charge in [-0.25, -0.2) is 8.78 Å². The van der Waals surface area contributed by atoms with Crippen LogP contribution in [0.15, 0.2) is 36.4 Å². The number of hydrogen-bond acceptors (Lipinski definition) is 3. The van der Waals surface area contributed by atoms with E-state index < -0.39 is 17.5 Å². The normalized spacial score (nSPS) is 12.0. The van der Waals surface area contributed by atoms with E-state index in [1.807, 2.05) is 0 Å². The Hall–Kier alpha value is -2.63. The van der Waals surface area contributed by atoms with Gasteiger partial charge in [0, 0.05) is 12.1 Å². The third kappa shape index (κ3) is 3.28. The average molecular weight is 292 g/mol. The van der Waals surface area contributed by atoms with E-state index in [4.69, 9.17) is 5.73 Å². The fraction of sp³-hybridized carbons (Fsp3) is 0.133. The number of anilines is 1. The van der Waals surface area contributed by atoms with E-state index in [0.29, 0.717) is 11.6 Å². The van der Waals surface area contributed by atoms with Gasteiger partial charge in [0.15, 0.2) is 0 Å². The van der Waals surface area contributed by atoms with Crippen LogP contribution in [-0.2, 0) is 0 Å². The molecule has 0 heterocycles. The lowest BCUT2D eigenvalue weighted by Gasteiger charge is -2.17. The van der Waals surface area contributed by atoms with Crippen LogP contribution in [-0.4, -0.2) is 11.0 Å². The molecule has 0 bridgehead atoms. The third-order valence-corrected chi connectivity index (χ3v) is 3.06. The fourth-order valence-corrected chi connectivity index (χ4v) is 1.96. The molecule has 4 N–H and O–H groups in total. The van der Waals surface area contributed by atoms with Crippen molar-refractivity contribution in [2.24, 2.45) is 5.73 Å². The minimum absolute atomic E-state index is 0.0407. The van der Waals surface area contributed by atoms with Gasteiger partial charge in [-0.2, -0.15) is 0 Å². The maximum absolute atomic E-state index is 13.7. The highest BCUT2D eigenvalue weighted by atomic mass is 19.1. The number of carbonyl (C=O) groups is 1. The predicted octanol–water partition coefficient (Wildman–Crippen LogP) is 2.94. The van der Waals surface area contributed by atoms with Crippen LogP contribution in [0.2, 0.25) is 0 Å². The van der Waals surface area contributed by atoms with Crippen LogP contribution in [0.5, 0.6) is 5.75 Å². The molecule has 1 atom stereocenters. The zero-order chi connectivity index (χ0) is 15.6. The third-order valence-electron chi connectivity index (χ3n) is 3.06. The van der Waals surface area contributed by atoms with Crippen molar-refractivity contribution in [2.45, 2.75) is 13.0 Å². The molecule has 1 amide bonds. The second-order valence-electron chi connectivity index (χ2n) is 4.64. The molecule has 2 aromatic carbocycles. The Labute approximate surface area is 120 Å². The molecule has 0 saturated heterocycles. The van der Waals surface area contributed by atoms with Crippen molar-refractivity contribution in [1.29, 1.82) is 0 Å². The van der Waals surface area contributed by atoms with Crippen molar-refractivity contribution >= 4 is 11.6 Å². The molecule has 110 valence electrons. The number of aromatic hydroxyl groups is 1. The Balaban J connectivity index is 2.31. The lowest BCUT2D eigenvalue weighted by Crippen LogP contribution is -2.15. The standard InChI is InChI=1S/C15H14F2N2O2/c1-8(9-3-2-4-10(20)5-9)19-14-6-11(15(18)21)12(16)7-13(14)17/h2-8,19-20H,1H3,(H2,18,21). The SMILES string of the molecule is CC(Nc1cc(C(N)=O)c(F)cc1F)c1cccc(O)c1. The number of hydrogen-bond donors (Lipinski definition) is 3. The summed E-state index contributed by atoms with van der Waals surface area (Å²) in [4.78, 5) is 11.1. The van der Waals surface area contributed by atoms with Gasteiger partial charge in [-0.1, -0.05) is 12.1 Å². The van der Waals surface area contributed by atoms with Gasteiger partial charge < -0.3 is 16.2 Å². The molecule has 0 radical (unpaired) electrons. The predicted molar refractivity (Wildman–Crippen MR) is 75.0 cm³/mol. The van der Waals surface area contributed by atoms with E-state index >= 15 is 0 Å². The number of primary amides is 1. The van der Waals surface area contributed by atoms with Gasteiger partial charge in [0.1, 0.15) is 17.4 Å². The van der Waals surface area contributed by atoms with Crippen molar-refractivity contribution in [3.8, 4) is 5.75 Å². The van der Waals surface area contributed by atoms with Crippen LogP contribution in [0.3, 0.4) is 0 Å². The highest BCUT2D eigenvalue weighted by Gasteiger charge is 2.15. The topological polar surface area (TPSA) is 75.3 Å². The second-order valence-corrected chi connectivity index (χ2v) is 4.64. The van der Waals surface area contributed by atoms with Crippen LogP contribution in [0, 0.1) is 11.6 Å². The fourth-order valence-electron chi connectivity index (χ4n) is 1.96. The molecule has 0 aliphatic carbocycles. The summed E-state index contributed by atoms with van der Waals surface area (Å²) in [7, 11) is 0. The van der Waals surface area contributed by atoms with Gasteiger partial charge in [0.05, 0.1) is 11.3 Å². The van der Waals surface area contributed by atoms with Crippen molar-refractivity contribution in [3.05, 3.63) is 59.2 Å². The maximum Gasteiger partial charge on any atom is 0.251 e. The first-order valence-corrected chi connectivity index (χ1v) is 6.23. The van der Waals surface area contributed by atoms with Gasteiger partial charge in [-0.05, 0) is 30.7 Å². The highest BCUT2D eigenvalue weighted by Crippen LogP contribution is 2.25. The molecular formula is C15H14F2N2O2. The number of phenols is 1. The molecule has 6 heteroatoms. The number of halogens is 2. The number of nitrogens with one attached hydrogen (secondary N) is 1. The van der Waals surface area contributed by atoms with Gasteiger partial charge in [0.25, 0.3) is 5.91 Å². The number of phenolic OH excluding ortho intramolecular Hbond substituents is 1. The molecule has 2 rings (SSSR count). The molecule has 0 aromatic heterocycles. The number of amides is 1. The van der Waals surface area contributed by atoms with Gasteiger partial charge in [0.2, 0.25) is 0 Å². The number of carbonyl (C=O) groups excluding carboxylic acids is 1. The summed E-state index contributed by atoms with van der Waals surface area (Å²) < 4.78 is 27.1. The molecule has 0 saturated carbocycles. The van der Waals surface area contributed by atoms with E-state index in [2.05, 4.69) is 5.32 Å². The molecule has 0 spiro atoms. The molecular weight excluding hydrogens is 278 g/mol. The van der Waals surface area contributed by atoms with Crippen LogP contribution < -0.4 is 11.1 Å². The van der Waals surface area contributed by atoms with Gasteiger partial charge in [-0.3, -0.25) is 4.79 Å². The lowest BCUT2D eigenvalue weighted by molar-refractivity contribution is 0.0996. The van der Waals surface area contributed by atoms with E-state index in [9.17, 15) is 18.7 Å². The quantitative estimate of drug-likeness (QED) is 0.811. The second kappa shape index (κ2) is 5.78. The summed E-state index contributed by atoms with van der Waals surface area (Å²) >= 11 is 0. The van der Waals surface area contributed by atoms with Crippen LogP contribution in [0.4, 0.5) is 14.5 Å². The number of benzene rings is 2. The first-order valence-electron chi connectivity index (χ1n) is 6.23. The van der Waals surface area contributed by atoms with Crippen molar-refractivity contribution < 1.29 is 18.7 Å². The van der Waals surface area contributed by atoms with Crippen molar-refractivity contribution in [1.82, 2.24) is 0 Å². The molecule has 0 aliphatic rings. The minimum Gasteiger partial charge on any atom is -0.508 e. The Bertz CT molecular complexity index is 689. The van der Waals surface area contributed by atoms with Crippen LogP contribution in [0.1, 0.15) is 28.9 Å². The monoisotopic (exact) mass is 292 g/mol. The lowest BCUT2D eigenvalue weighted by atomic mass is 10.1. The van der Waals surface area contributed by atoms with Crippen molar-refractivity contribution in [3.63, 3.8) is 0 Å². The molecule has 21 heavy (non-hydrogen) atoms. The smallest absolute Gasteiger partial charge is 0.251 e. The minimum atomic E-state index is -1.00. The summed E-state index contributed by atoms with van der Waals surface area (Å²) in [5.41, 5.74) is 5.31. The van der Waals surface area contributed by atoms with Gasteiger partial charge >= 0.3 is 0 Å². The maximum atomic E-state index is 13.7. The average Bonchev–Trinajstić information content (AvgIpc) is 2.41. The first kappa shape index (κ1) is 14.8. The largest absolute Gasteiger partial charge is 0.508 e. The highest BCUT2D eigenvalue weighted by molar-refractivity contribution is 5.94. The zero-order valence-corrected chi connectivity index (χ0v) is 11.2. The number of rotatable bonds is 4. The first-order chi connectivity index (χ1) is 9.88. The number of nitrogens with two attached hydrogens (primary N) is 1. The Morgan fingerprint density at radius 1 is 1.24 bits per heavy atom. The van der Waals surface area contributed by atoms with E-state index in [-0.39, 0.29) is 23.0 Å². The molecule has 1 unspecified atom stereocenters. The Kier molecular flexibility index (Phi) is 4.07. The molecule has 0 fully saturated rings. The summed E-state index contributed by atoms with van der Waals surface area (Å²) in [5, 5.41) is 12.2.